The van der Waals surface area contributed by atoms with Gasteiger partial charge in [0.1, 0.15) is 5.82 Å². The zero-order valence-corrected chi connectivity index (χ0v) is 14.9. The van der Waals surface area contributed by atoms with Crippen LogP contribution in [-0.4, -0.2) is 50.3 Å². The fourth-order valence-electron chi connectivity index (χ4n) is 2.74. The number of pyridine rings is 1. The molecule has 138 valence electrons. The van der Waals surface area contributed by atoms with Crippen LogP contribution in [0.2, 0.25) is 0 Å². The zero-order valence-electron chi connectivity index (χ0n) is 14.9. The summed E-state index contributed by atoms with van der Waals surface area (Å²) < 4.78 is 10.9. The lowest BCUT2D eigenvalue weighted by Crippen LogP contribution is -2.36. The first-order chi connectivity index (χ1) is 12.8. The van der Waals surface area contributed by atoms with Gasteiger partial charge in [-0.05, 0) is 24.1 Å². The van der Waals surface area contributed by atoms with Gasteiger partial charge in [0, 0.05) is 32.4 Å². The van der Waals surface area contributed by atoms with E-state index >= 15 is 0 Å². The quantitative estimate of drug-likeness (QED) is 0.736. The van der Waals surface area contributed by atoms with Crippen LogP contribution in [0.5, 0.6) is 0 Å². The number of rotatable bonds is 8. The van der Waals surface area contributed by atoms with E-state index in [4.69, 9.17) is 9.47 Å². The molecule has 6 nitrogen and oxygen atoms in total. The molecule has 26 heavy (non-hydrogen) atoms. The number of anilines is 1. The van der Waals surface area contributed by atoms with Crippen molar-refractivity contribution in [2.24, 2.45) is 0 Å². The minimum atomic E-state index is -0.103. The van der Waals surface area contributed by atoms with Crippen molar-refractivity contribution in [3.8, 4) is 0 Å². The third-order valence-corrected chi connectivity index (χ3v) is 4.21. The van der Waals surface area contributed by atoms with E-state index in [2.05, 4.69) is 15.2 Å². The number of ether oxygens (including phenoxy) is 2. The highest BCUT2D eigenvalue weighted by Gasteiger charge is 2.13. The molecule has 1 aromatic carbocycles. The predicted molar refractivity (Wildman–Crippen MR) is 100 cm³/mol. The minimum absolute atomic E-state index is 0.103. The Bertz CT molecular complexity index is 670. The standard InChI is InChI=1S/C20H25N3O3/c24-20(21-9-4-12-26-16-17-5-2-1-3-6-17)18-7-8-19(22-15-18)23-10-13-25-14-11-23/h1-3,5-8,15H,4,9-14,16H2,(H,21,24). The summed E-state index contributed by atoms with van der Waals surface area (Å²) in [7, 11) is 0. The maximum absolute atomic E-state index is 12.2. The Morgan fingerprint density at radius 1 is 1.15 bits per heavy atom. The van der Waals surface area contributed by atoms with E-state index in [0.717, 1.165) is 44.1 Å². The molecule has 6 heteroatoms. The van der Waals surface area contributed by atoms with E-state index in [0.29, 0.717) is 25.3 Å². The molecule has 1 saturated heterocycles. The van der Waals surface area contributed by atoms with E-state index < -0.39 is 0 Å². The van der Waals surface area contributed by atoms with E-state index in [1.165, 1.54) is 0 Å². The Labute approximate surface area is 154 Å². The molecular weight excluding hydrogens is 330 g/mol. The number of nitrogens with zero attached hydrogens (tertiary/aromatic N) is 2. The van der Waals surface area contributed by atoms with Crippen molar-refractivity contribution in [1.82, 2.24) is 10.3 Å². The summed E-state index contributed by atoms with van der Waals surface area (Å²) in [6, 6.07) is 13.8. The van der Waals surface area contributed by atoms with E-state index in [-0.39, 0.29) is 5.91 Å². The van der Waals surface area contributed by atoms with Crippen LogP contribution >= 0.6 is 0 Å². The second-order valence-electron chi connectivity index (χ2n) is 6.15. The number of aromatic nitrogens is 1. The number of nitrogens with one attached hydrogen (secondary N) is 1. The molecule has 0 unspecified atom stereocenters. The van der Waals surface area contributed by atoms with Gasteiger partial charge in [-0.3, -0.25) is 4.79 Å². The first-order valence-corrected chi connectivity index (χ1v) is 9.01. The third kappa shape index (κ3) is 5.54. The Morgan fingerprint density at radius 2 is 1.96 bits per heavy atom. The van der Waals surface area contributed by atoms with E-state index in [1.54, 1.807) is 6.20 Å². The normalized spacial score (nSPS) is 14.2. The summed E-state index contributed by atoms with van der Waals surface area (Å²) in [4.78, 5) is 18.7. The van der Waals surface area contributed by atoms with Gasteiger partial charge in [-0.15, -0.1) is 0 Å². The molecule has 0 spiro atoms. The van der Waals surface area contributed by atoms with Crippen molar-refractivity contribution in [3.05, 3.63) is 59.8 Å². The topological polar surface area (TPSA) is 63.7 Å². The molecule has 0 saturated carbocycles. The van der Waals surface area contributed by atoms with Crippen LogP contribution in [-0.2, 0) is 16.1 Å². The van der Waals surface area contributed by atoms with Crippen molar-refractivity contribution >= 4 is 11.7 Å². The fraction of sp³-hybridized carbons (Fsp3) is 0.400. The smallest absolute Gasteiger partial charge is 0.252 e. The average molecular weight is 355 g/mol. The van der Waals surface area contributed by atoms with Gasteiger partial charge in [0.05, 0.1) is 25.4 Å². The van der Waals surface area contributed by atoms with Gasteiger partial charge in [-0.2, -0.15) is 0 Å². The lowest BCUT2D eigenvalue weighted by Gasteiger charge is -2.27. The summed E-state index contributed by atoms with van der Waals surface area (Å²) in [5.74, 6) is 0.785. The number of morpholine rings is 1. The zero-order chi connectivity index (χ0) is 18.0. The number of amides is 1. The first kappa shape index (κ1) is 18.4. The first-order valence-electron chi connectivity index (χ1n) is 9.01. The molecule has 1 N–H and O–H groups in total. The van der Waals surface area contributed by atoms with Crippen molar-refractivity contribution < 1.29 is 14.3 Å². The highest BCUT2D eigenvalue weighted by Crippen LogP contribution is 2.13. The van der Waals surface area contributed by atoms with Gasteiger partial charge < -0.3 is 19.7 Å². The second kappa shape index (κ2) is 9.89. The summed E-state index contributed by atoms with van der Waals surface area (Å²) in [6.45, 7) is 4.90. The molecule has 2 heterocycles. The van der Waals surface area contributed by atoms with Crippen molar-refractivity contribution in [1.29, 1.82) is 0 Å². The number of hydrogen-bond acceptors (Lipinski definition) is 5. The molecule has 1 amide bonds. The number of hydrogen-bond donors (Lipinski definition) is 1. The highest BCUT2D eigenvalue weighted by atomic mass is 16.5. The monoisotopic (exact) mass is 355 g/mol. The summed E-state index contributed by atoms with van der Waals surface area (Å²) in [5, 5.41) is 2.90. The Hall–Kier alpha value is -2.44. The van der Waals surface area contributed by atoms with Gasteiger partial charge in [-0.1, -0.05) is 30.3 Å². The molecule has 0 aliphatic carbocycles. The Morgan fingerprint density at radius 3 is 2.69 bits per heavy atom. The van der Waals surface area contributed by atoms with Gasteiger partial charge in [0.2, 0.25) is 0 Å². The molecule has 3 rings (SSSR count). The molecule has 1 aliphatic heterocycles. The van der Waals surface area contributed by atoms with Crippen LogP contribution in [0.4, 0.5) is 5.82 Å². The molecule has 0 bridgehead atoms. The molecule has 1 aliphatic rings. The van der Waals surface area contributed by atoms with Crippen LogP contribution in [0.1, 0.15) is 22.3 Å². The maximum atomic E-state index is 12.2. The highest BCUT2D eigenvalue weighted by molar-refractivity contribution is 5.94. The van der Waals surface area contributed by atoms with Crippen molar-refractivity contribution in [2.45, 2.75) is 13.0 Å². The second-order valence-corrected chi connectivity index (χ2v) is 6.15. The lowest BCUT2D eigenvalue weighted by molar-refractivity contribution is 0.0934. The largest absolute Gasteiger partial charge is 0.378 e. The van der Waals surface area contributed by atoms with Gasteiger partial charge in [0.25, 0.3) is 5.91 Å². The molecule has 2 aromatic rings. The minimum Gasteiger partial charge on any atom is -0.378 e. The van der Waals surface area contributed by atoms with Gasteiger partial charge in [-0.25, -0.2) is 4.98 Å². The van der Waals surface area contributed by atoms with Gasteiger partial charge >= 0.3 is 0 Å². The van der Waals surface area contributed by atoms with E-state index in [9.17, 15) is 4.79 Å². The van der Waals surface area contributed by atoms with Crippen molar-refractivity contribution in [3.63, 3.8) is 0 Å². The average Bonchev–Trinajstić information content (AvgIpc) is 2.72. The third-order valence-electron chi connectivity index (χ3n) is 4.21. The lowest BCUT2D eigenvalue weighted by atomic mass is 10.2. The van der Waals surface area contributed by atoms with Gasteiger partial charge in [0.15, 0.2) is 0 Å². The SMILES string of the molecule is O=C(NCCCOCc1ccccc1)c1ccc(N2CCOCC2)nc1. The maximum Gasteiger partial charge on any atom is 0.252 e. The summed E-state index contributed by atoms with van der Waals surface area (Å²) >= 11 is 0. The predicted octanol–water partition coefficient (Wildman–Crippen LogP) is 2.25. The molecule has 0 radical (unpaired) electrons. The summed E-state index contributed by atoms with van der Waals surface area (Å²) in [5.41, 5.74) is 1.73. The molecule has 1 aromatic heterocycles. The number of carbonyl (C=O) groups excluding carboxylic acids is 1. The van der Waals surface area contributed by atoms with Crippen LogP contribution in [0, 0.1) is 0 Å². The molecule has 1 fully saturated rings. The van der Waals surface area contributed by atoms with Crippen LogP contribution in [0.25, 0.3) is 0 Å². The molecular formula is C20H25N3O3. The van der Waals surface area contributed by atoms with E-state index in [1.807, 2.05) is 42.5 Å². The van der Waals surface area contributed by atoms with Crippen LogP contribution in [0.15, 0.2) is 48.7 Å². The number of carbonyl (C=O) groups is 1. The summed E-state index contributed by atoms with van der Waals surface area (Å²) in [6.07, 6.45) is 2.41. The molecule has 0 atom stereocenters. The number of benzene rings is 1. The Kier molecular flexibility index (Phi) is 6.98. The fourth-order valence-corrected chi connectivity index (χ4v) is 2.74. The van der Waals surface area contributed by atoms with Crippen LogP contribution in [0.3, 0.4) is 0 Å². The van der Waals surface area contributed by atoms with Crippen LogP contribution < -0.4 is 10.2 Å². The van der Waals surface area contributed by atoms with Crippen molar-refractivity contribution in [2.75, 3.05) is 44.4 Å². The Balaban J connectivity index is 1.34.